The third kappa shape index (κ3) is 2.94. The molecule has 1 amide bonds. The van der Waals surface area contributed by atoms with Crippen molar-refractivity contribution in [2.24, 2.45) is 11.3 Å². The molecule has 0 aromatic heterocycles. The zero-order valence-corrected chi connectivity index (χ0v) is 9.62. The normalized spacial score (nSPS) is 22.2. The predicted molar refractivity (Wildman–Crippen MR) is 56.4 cm³/mol. The van der Waals surface area contributed by atoms with E-state index in [1.54, 1.807) is 4.90 Å². The molecule has 0 aliphatic heterocycles. The number of carbonyl (C=O) groups excluding carboxylic acids is 1. The maximum atomic E-state index is 11.9. The summed E-state index contributed by atoms with van der Waals surface area (Å²) in [5.41, 5.74) is 0.119. The topological polar surface area (TPSA) is 57.6 Å². The first kappa shape index (κ1) is 12.0. The average Bonchev–Trinajstić information content (AvgIpc) is 2.75. The minimum atomic E-state index is -0.851. The summed E-state index contributed by atoms with van der Waals surface area (Å²) in [5, 5.41) is 8.56. The lowest BCUT2D eigenvalue weighted by Gasteiger charge is -2.20. The highest BCUT2D eigenvalue weighted by Gasteiger charge is 2.51. The van der Waals surface area contributed by atoms with Crippen LogP contribution in [-0.4, -0.2) is 35.0 Å². The second-order valence-electron chi connectivity index (χ2n) is 4.81. The second-order valence-corrected chi connectivity index (χ2v) is 4.81. The van der Waals surface area contributed by atoms with Crippen LogP contribution in [0.5, 0.6) is 0 Å². The van der Waals surface area contributed by atoms with Crippen LogP contribution in [0.1, 0.15) is 33.6 Å². The molecule has 1 rings (SSSR count). The summed E-state index contributed by atoms with van der Waals surface area (Å²) in [4.78, 5) is 24.0. The smallest absolute Gasteiger partial charge is 0.305 e. The molecule has 1 aliphatic carbocycles. The number of aliphatic carboxylic acids is 1. The van der Waals surface area contributed by atoms with Gasteiger partial charge in [-0.05, 0) is 18.8 Å². The molecule has 1 fully saturated rings. The van der Waals surface area contributed by atoms with Crippen molar-refractivity contribution in [3.8, 4) is 0 Å². The average molecular weight is 213 g/mol. The fourth-order valence-corrected chi connectivity index (χ4v) is 1.76. The first-order chi connectivity index (χ1) is 6.88. The minimum Gasteiger partial charge on any atom is -0.481 e. The Morgan fingerprint density at radius 3 is 2.33 bits per heavy atom. The van der Waals surface area contributed by atoms with Crippen molar-refractivity contribution in [2.45, 2.75) is 33.6 Å². The van der Waals surface area contributed by atoms with E-state index in [1.165, 1.54) is 0 Å². The number of hydrogen-bond acceptors (Lipinski definition) is 2. The largest absolute Gasteiger partial charge is 0.481 e. The Morgan fingerprint density at radius 1 is 1.47 bits per heavy atom. The van der Waals surface area contributed by atoms with Gasteiger partial charge < -0.3 is 10.0 Å². The summed E-state index contributed by atoms with van der Waals surface area (Å²) in [6, 6.07) is 0. The van der Waals surface area contributed by atoms with E-state index in [1.807, 2.05) is 6.92 Å². The van der Waals surface area contributed by atoms with Crippen LogP contribution < -0.4 is 0 Å². The van der Waals surface area contributed by atoms with Crippen molar-refractivity contribution in [1.29, 1.82) is 0 Å². The van der Waals surface area contributed by atoms with Crippen molar-refractivity contribution in [3.63, 3.8) is 0 Å². The van der Waals surface area contributed by atoms with Crippen LogP contribution in [0.25, 0.3) is 0 Å². The van der Waals surface area contributed by atoms with E-state index in [9.17, 15) is 9.59 Å². The van der Waals surface area contributed by atoms with Gasteiger partial charge in [-0.2, -0.15) is 0 Å². The monoisotopic (exact) mass is 213 g/mol. The molecule has 15 heavy (non-hydrogen) atoms. The highest BCUT2D eigenvalue weighted by molar-refractivity contribution is 5.82. The van der Waals surface area contributed by atoms with Crippen LogP contribution in [-0.2, 0) is 9.59 Å². The molecule has 4 heteroatoms. The van der Waals surface area contributed by atoms with E-state index in [4.69, 9.17) is 5.11 Å². The fraction of sp³-hybridized carbons (Fsp3) is 0.818. The van der Waals surface area contributed by atoms with E-state index in [0.29, 0.717) is 13.1 Å². The Hall–Kier alpha value is -1.06. The number of carboxylic acids is 1. The minimum absolute atomic E-state index is 0.0345. The summed E-state index contributed by atoms with van der Waals surface area (Å²) in [7, 11) is 0. The number of carboxylic acid groups (broad SMARTS) is 1. The van der Waals surface area contributed by atoms with Crippen molar-refractivity contribution in [1.82, 2.24) is 4.90 Å². The lowest BCUT2D eigenvalue weighted by molar-refractivity contribution is -0.138. The maximum absolute atomic E-state index is 11.9. The van der Waals surface area contributed by atoms with Crippen LogP contribution in [0.2, 0.25) is 0 Å². The van der Waals surface area contributed by atoms with Gasteiger partial charge in [-0.25, -0.2) is 0 Å². The highest BCUT2D eigenvalue weighted by atomic mass is 16.4. The Bertz CT molecular complexity index is 273. The van der Waals surface area contributed by atoms with E-state index in [2.05, 4.69) is 13.8 Å². The lowest BCUT2D eigenvalue weighted by Crippen LogP contribution is -2.34. The number of nitrogens with zero attached hydrogens (tertiary/aromatic N) is 1. The Labute approximate surface area is 90.3 Å². The molecule has 0 radical (unpaired) electrons. The summed E-state index contributed by atoms with van der Waals surface area (Å²) in [6.07, 6.45) is 0.960. The second kappa shape index (κ2) is 4.21. The van der Waals surface area contributed by atoms with Gasteiger partial charge in [-0.3, -0.25) is 9.59 Å². The molecular formula is C11H19NO3. The van der Waals surface area contributed by atoms with E-state index < -0.39 is 5.97 Å². The SMILES string of the molecule is CCN(CCC(=O)O)C(=O)[C@H]1CC1(C)C. The first-order valence-electron chi connectivity index (χ1n) is 5.39. The molecule has 0 aromatic carbocycles. The van der Waals surface area contributed by atoms with Crippen molar-refractivity contribution in [2.75, 3.05) is 13.1 Å². The van der Waals surface area contributed by atoms with Crippen molar-refractivity contribution in [3.05, 3.63) is 0 Å². The zero-order chi connectivity index (χ0) is 11.6. The van der Waals surface area contributed by atoms with Gasteiger partial charge in [0, 0.05) is 19.0 Å². The van der Waals surface area contributed by atoms with Crippen LogP contribution in [0.15, 0.2) is 0 Å². The third-order valence-corrected chi connectivity index (χ3v) is 3.10. The quantitative estimate of drug-likeness (QED) is 0.750. The summed E-state index contributed by atoms with van der Waals surface area (Å²) < 4.78 is 0. The van der Waals surface area contributed by atoms with Gasteiger partial charge in [0.2, 0.25) is 5.91 Å². The van der Waals surface area contributed by atoms with E-state index in [0.717, 1.165) is 6.42 Å². The molecule has 0 unspecified atom stereocenters. The summed E-state index contributed by atoms with van der Waals surface area (Å²) >= 11 is 0. The Balaban J connectivity index is 2.45. The van der Waals surface area contributed by atoms with Gasteiger partial charge >= 0.3 is 5.97 Å². The van der Waals surface area contributed by atoms with Gasteiger partial charge in [-0.1, -0.05) is 13.8 Å². The first-order valence-corrected chi connectivity index (χ1v) is 5.39. The lowest BCUT2D eigenvalue weighted by atomic mass is 10.1. The number of carbonyl (C=O) groups is 2. The van der Waals surface area contributed by atoms with Gasteiger partial charge in [-0.15, -0.1) is 0 Å². The molecule has 1 saturated carbocycles. The van der Waals surface area contributed by atoms with Gasteiger partial charge in [0.05, 0.1) is 6.42 Å². The molecule has 1 N–H and O–H groups in total. The highest BCUT2D eigenvalue weighted by Crippen LogP contribution is 2.52. The number of hydrogen-bond donors (Lipinski definition) is 1. The van der Waals surface area contributed by atoms with Crippen LogP contribution in [0.3, 0.4) is 0 Å². The summed E-state index contributed by atoms with van der Waals surface area (Å²) in [5.74, 6) is -0.633. The molecule has 0 saturated heterocycles. The van der Waals surface area contributed by atoms with Crippen LogP contribution >= 0.6 is 0 Å². The zero-order valence-electron chi connectivity index (χ0n) is 9.62. The summed E-state index contributed by atoms with van der Waals surface area (Å²) in [6.45, 7) is 6.95. The molecule has 86 valence electrons. The molecule has 0 heterocycles. The number of amides is 1. The molecule has 0 spiro atoms. The van der Waals surface area contributed by atoms with Gasteiger partial charge in [0.15, 0.2) is 0 Å². The molecule has 0 aromatic rings. The number of rotatable bonds is 5. The van der Waals surface area contributed by atoms with E-state index >= 15 is 0 Å². The Kier molecular flexibility index (Phi) is 3.37. The molecular weight excluding hydrogens is 194 g/mol. The Morgan fingerprint density at radius 2 is 2.00 bits per heavy atom. The molecule has 4 nitrogen and oxygen atoms in total. The standard InChI is InChI=1S/C11H19NO3/c1-4-12(6-5-9(13)14)10(15)8-7-11(8,2)3/h8H,4-7H2,1-3H3,(H,13,14)/t8-/m1/s1. The van der Waals surface area contributed by atoms with Gasteiger partial charge in [0.1, 0.15) is 0 Å². The van der Waals surface area contributed by atoms with Crippen molar-refractivity contribution >= 4 is 11.9 Å². The van der Waals surface area contributed by atoms with Crippen LogP contribution in [0.4, 0.5) is 0 Å². The predicted octanol–water partition coefficient (Wildman–Crippen LogP) is 1.36. The third-order valence-electron chi connectivity index (χ3n) is 3.10. The maximum Gasteiger partial charge on any atom is 0.305 e. The fourth-order valence-electron chi connectivity index (χ4n) is 1.76. The molecule has 0 bridgehead atoms. The molecule has 1 aliphatic rings. The van der Waals surface area contributed by atoms with Gasteiger partial charge in [0.25, 0.3) is 0 Å². The molecule has 1 atom stereocenters. The van der Waals surface area contributed by atoms with Crippen molar-refractivity contribution < 1.29 is 14.7 Å². The van der Waals surface area contributed by atoms with Crippen LogP contribution in [0, 0.1) is 11.3 Å². The van der Waals surface area contributed by atoms with E-state index in [-0.39, 0.29) is 23.7 Å².